The van der Waals surface area contributed by atoms with E-state index in [0.717, 1.165) is 39.1 Å². The van der Waals surface area contributed by atoms with Gasteiger partial charge in [0.05, 0.1) is 0 Å². The van der Waals surface area contributed by atoms with Gasteiger partial charge < -0.3 is 15.0 Å². The number of rotatable bonds is 3. The molecule has 0 bridgehead atoms. The Labute approximate surface area is 104 Å². The molecule has 0 aromatic rings. The first kappa shape index (κ1) is 12.8. The molecule has 98 valence electrons. The number of hydrogen-bond donors (Lipinski definition) is 1. The molecule has 1 N–H and O–H groups in total. The maximum Gasteiger partial charge on any atom is 0.252 e. The predicted molar refractivity (Wildman–Crippen MR) is 66.8 cm³/mol. The summed E-state index contributed by atoms with van der Waals surface area (Å²) in [6.07, 6.45) is 3.11. The van der Waals surface area contributed by atoms with Crippen molar-refractivity contribution in [3.05, 3.63) is 0 Å². The van der Waals surface area contributed by atoms with Gasteiger partial charge in [-0.05, 0) is 31.7 Å². The first-order valence-electron chi connectivity index (χ1n) is 6.86. The summed E-state index contributed by atoms with van der Waals surface area (Å²) in [5.74, 6) is 0.583. The standard InChI is InChI=1S/C13H24N2O2/c1-3-14-11-5-4-7-15(9-11)13(16)12-10(2)6-8-17-12/h10-12,14H,3-9H2,1-2H3. The van der Waals surface area contributed by atoms with Gasteiger partial charge in [-0.15, -0.1) is 0 Å². The number of nitrogens with zero attached hydrogens (tertiary/aromatic N) is 1. The molecule has 2 aliphatic rings. The largest absolute Gasteiger partial charge is 0.368 e. The maximum atomic E-state index is 12.3. The SMILES string of the molecule is CCNC1CCCN(C(=O)C2OCCC2C)C1. The first-order chi connectivity index (χ1) is 8.22. The van der Waals surface area contributed by atoms with Crippen molar-refractivity contribution >= 4 is 5.91 Å². The Bertz CT molecular complexity index is 268. The number of carbonyl (C=O) groups excluding carboxylic acids is 1. The lowest BCUT2D eigenvalue weighted by atomic mass is 10.0. The van der Waals surface area contributed by atoms with E-state index in [1.165, 1.54) is 6.42 Å². The number of carbonyl (C=O) groups is 1. The van der Waals surface area contributed by atoms with Crippen LogP contribution in [0.1, 0.15) is 33.1 Å². The third kappa shape index (κ3) is 2.99. The van der Waals surface area contributed by atoms with Crippen LogP contribution in [-0.4, -0.2) is 49.2 Å². The van der Waals surface area contributed by atoms with Gasteiger partial charge in [-0.3, -0.25) is 4.79 Å². The van der Waals surface area contributed by atoms with Crippen molar-refractivity contribution in [3.63, 3.8) is 0 Å². The first-order valence-corrected chi connectivity index (χ1v) is 6.86. The molecule has 2 saturated heterocycles. The van der Waals surface area contributed by atoms with Crippen LogP contribution in [0.2, 0.25) is 0 Å². The van der Waals surface area contributed by atoms with E-state index >= 15 is 0 Å². The van der Waals surface area contributed by atoms with Gasteiger partial charge in [0.1, 0.15) is 6.10 Å². The Balaban J connectivity index is 1.90. The molecule has 0 spiro atoms. The van der Waals surface area contributed by atoms with E-state index in [9.17, 15) is 4.79 Å². The van der Waals surface area contributed by atoms with E-state index in [-0.39, 0.29) is 12.0 Å². The van der Waals surface area contributed by atoms with Crippen molar-refractivity contribution in [1.82, 2.24) is 10.2 Å². The molecule has 0 saturated carbocycles. The van der Waals surface area contributed by atoms with Gasteiger partial charge in [0.2, 0.25) is 0 Å². The molecule has 2 aliphatic heterocycles. The minimum atomic E-state index is -0.185. The Kier molecular flexibility index (Phi) is 4.40. The van der Waals surface area contributed by atoms with Gasteiger partial charge in [0.25, 0.3) is 5.91 Å². The molecule has 3 atom stereocenters. The molecular weight excluding hydrogens is 216 g/mol. The molecule has 17 heavy (non-hydrogen) atoms. The molecule has 1 amide bonds. The van der Waals surface area contributed by atoms with Crippen molar-refractivity contribution < 1.29 is 9.53 Å². The molecule has 0 radical (unpaired) electrons. The lowest BCUT2D eigenvalue weighted by Gasteiger charge is -2.35. The van der Waals surface area contributed by atoms with E-state index in [0.29, 0.717) is 12.0 Å². The highest BCUT2D eigenvalue weighted by molar-refractivity contribution is 5.81. The average molecular weight is 240 g/mol. The number of amides is 1. The van der Waals surface area contributed by atoms with Crippen molar-refractivity contribution in [1.29, 1.82) is 0 Å². The lowest BCUT2D eigenvalue weighted by molar-refractivity contribution is -0.143. The lowest BCUT2D eigenvalue weighted by Crippen LogP contribution is -2.51. The summed E-state index contributed by atoms with van der Waals surface area (Å²) in [4.78, 5) is 14.3. The summed E-state index contributed by atoms with van der Waals surface area (Å²) in [5, 5.41) is 3.44. The van der Waals surface area contributed by atoms with Crippen LogP contribution in [0.25, 0.3) is 0 Å². The molecule has 0 aromatic carbocycles. The quantitative estimate of drug-likeness (QED) is 0.800. The molecule has 0 aliphatic carbocycles. The van der Waals surface area contributed by atoms with Crippen molar-refractivity contribution in [2.75, 3.05) is 26.2 Å². The smallest absolute Gasteiger partial charge is 0.252 e. The molecular formula is C13H24N2O2. The van der Waals surface area contributed by atoms with Crippen LogP contribution >= 0.6 is 0 Å². The van der Waals surface area contributed by atoms with Crippen LogP contribution in [0.3, 0.4) is 0 Å². The van der Waals surface area contributed by atoms with Crippen molar-refractivity contribution in [2.24, 2.45) is 5.92 Å². The number of piperidine rings is 1. The van der Waals surface area contributed by atoms with Gasteiger partial charge in [0.15, 0.2) is 0 Å². The molecule has 2 fully saturated rings. The van der Waals surface area contributed by atoms with Crippen LogP contribution in [0.15, 0.2) is 0 Å². The average Bonchev–Trinajstić information content (AvgIpc) is 2.75. The Morgan fingerprint density at radius 2 is 2.29 bits per heavy atom. The topological polar surface area (TPSA) is 41.6 Å². The Morgan fingerprint density at radius 3 is 2.94 bits per heavy atom. The fraction of sp³-hybridized carbons (Fsp3) is 0.923. The zero-order chi connectivity index (χ0) is 12.3. The Morgan fingerprint density at radius 1 is 1.47 bits per heavy atom. The molecule has 4 nitrogen and oxygen atoms in total. The molecule has 4 heteroatoms. The third-order valence-corrected chi connectivity index (χ3v) is 3.86. The fourth-order valence-electron chi connectivity index (χ4n) is 2.82. The number of nitrogens with one attached hydrogen (secondary N) is 1. The number of ether oxygens (including phenoxy) is 1. The number of hydrogen-bond acceptors (Lipinski definition) is 3. The molecule has 0 aromatic heterocycles. The summed E-state index contributed by atoms with van der Waals surface area (Å²) >= 11 is 0. The highest BCUT2D eigenvalue weighted by Crippen LogP contribution is 2.23. The maximum absolute atomic E-state index is 12.3. The van der Waals surface area contributed by atoms with Crippen molar-refractivity contribution in [2.45, 2.75) is 45.3 Å². The van der Waals surface area contributed by atoms with Gasteiger partial charge in [-0.1, -0.05) is 13.8 Å². The second-order valence-electron chi connectivity index (χ2n) is 5.24. The van der Waals surface area contributed by atoms with E-state index in [1.54, 1.807) is 0 Å². The normalized spacial score (nSPS) is 34.0. The zero-order valence-electron chi connectivity index (χ0n) is 10.9. The minimum absolute atomic E-state index is 0.185. The van der Waals surface area contributed by atoms with E-state index in [1.807, 2.05) is 4.90 Å². The molecule has 2 heterocycles. The molecule has 2 rings (SSSR count). The summed E-state index contributed by atoms with van der Waals surface area (Å²) in [7, 11) is 0. The fourth-order valence-corrected chi connectivity index (χ4v) is 2.82. The minimum Gasteiger partial charge on any atom is -0.368 e. The van der Waals surface area contributed by atoms with Gasteiger partial charge in [-0.2, -0.15) is 0 Å². The van der Waals surface area contributed by atoms with E-state index in [2.05, 4.69) is 19.2 Å². The zero-order valence-corrected chi connectivity index (χ0v) is 10.9. The summed E-state index contributed by atoms with van der Waals surface area (Å²) < 4.78 is 5.56. The van der Waals surface area contributed by atoms with E-state index < -0.39 is 0 Å². The van der Waals surface area contributed by atoms with Crippen LogP contribution < -0.4 is 5.32 Å². The summed E-state index contributed by atoms with van der Waals surface area (Å²) in [6.45, 7) is 7.68. The Hall–Kier alpha value is -0.610. The van der Waals surface area contributed by atoms with Crippen LogP contribution in [0.4, 0.5) is 0 Å². The summed E-state index contributed by atoms with van der Waals surface area (Å²) in [5.41, 5.74) is 0. The van der Waals surface area contributed by atoms with Crippen LogP contribution in [0.5, 0.6) is 0 Å². The molecule has 3 unspecified atom stereocenters. The van der Waals surface area contributed by atoms with E-state index in [4.69, 9.17) is 4.74 Å². The van der Waals surface area contributed by atoms with Gasteiger partial charge in [-0.25, -0.2) is 0 Å². The monoisotopic (exact) mass is 240 g/mol. The second kappa shape index (κ2) is 5.83. The second-order valence-corrected chi connectivity index (χ2v) is 5.24. The van der Waals surface area contributed by atoms with Gasteiger partial charge >= 0.3 is 0 Å². The third-order valence-electron chi connectivity index (χ3n) is 3.86. The number of likely N-dealkylation sites (N-methyl/N-ethyl adjacent to an activating group) is 1. The summed E-state index contributed by atoms with van der Waals surface area (Å²) in [6, 6.07) is 0.467. The van der Waals surface area contributed by atoms with Crippen LogP contribution in [-0.2, 0) is 9.53 Å². The predicted octanol–water partition coefficient (Wildman–Crippen LogP) is 1.01. The van der Waals surface area contributed by atoms with Crippen molar-refractivity contribution in [3.8, 4) is 0 Å². The number of likely N-dealkylation sites (tertiary alicyclic amines) is 1. The highest BCUT2D eigenvalue weighted by Gasteiger charge is 2.35. The van der Waals surface area contributed by atoms with Crippen LogP contribution in [0, 0.1) is 5.92 Å². The van der Waals surface area contributed by atoms with Gasteiger partial charge in [0, 0.05) is 25.7 Å². The highest BCUT2D eigenvalue weighted by atomic mass is 16.5.